The van der Waals surface area contributed by atoms with Gasteiger partial charge < -0.3 is 9.47 Å². The lowest BCUT2D eigenvalue weighted by Crippen LogP contribution is -2.17. The monoisotopic (exact) mass is 357 g/mol. The highest BCUT2D eigenvalue weighted by Crippen LogP contribution is 2.49. The van der Waals surface area contributed by atoms with Crippen LogP contribution in [0, 0.1) is 17.8 Å². The van der Waals surface area contributed by atoms with Gasteiger partial charge in [-0.3, -0.25) is 4.79 Å². The number of aromatic nitrogens is 1. The fraction of sp³-hybridized carbons (Fsp3) is 0.500. The highest BCUT2D eigenvalue weighted by molar-refractivity contribution is 7.13. The Hall–Kier alpha value is -1.88. The van der Waals surface area contributed by atoms with E-state index in [9.17, 15) is 4.79 Å². The lowest BCUT2D eigenvalue weighted by Gasteiger charge is -2.20. The molecular formula is C20H23NO3S. The molecule has 2 aliphatic rings. The molecule has 25 heavy (non-hydrogen) atoms. The molecule has 0 aliphatic heterocycles. The predicted molar refractivity (Wildman–Crippen MR) is 97.5 cm³/mol. The van der Waals surface area contributed by atoms with E-state index in [1.165, 1.54) is 25.7 Å². The molecule has 5 heteroatoms. The molecule has 0 amide bonds. The number of nitrogens with zero attached hydrogens (tertiary/aromatic N) is 1. The Labute approximate surface area is 152 Å². The summed E-state index contributed by atoms with van der Waals surface area (Å²) in [5.74, 6) is 2.91. The minimum Gasteiger partial charge on any atom is -0.497 e. The lowest BCUT2D eigenvalue weighted by molar-refractivity contribution is -0.146. The summed E-state index contributed by atoms with van der Waals surface area (Å²) in [6, 6.07) is 7.83. The largest absolute Gasteiger partial charge is 0.497 e. The van der Waals surface area contributed by atoms with E-state index in [0.717, 1.165) is 33.9 Å². The molecule has 0 radical (unpaired) electrons. The van der Waals surface area contributed by atoms with Gasteiger partial charge in [-0.2, -0.15) is 0 Å². The third-order valence-corrected chi connectivity index (χ3v) is 6.50. The van der Waals surface area contributed by atoms with Crippen LogP contribution in [0.4, 0.5) is 0 Å². The minimum atomic E-state index is -0.0755. The summed E-state index contributed by atoms with van der Waals surface area (Å²) in [6.07, 6.45) is 5.79. The van der Waals surface area contributed by atoms with Crippen LogP contribution in [0.15, 0.2) is 29.6 Å². The van der Waals surface area contributed by atoms with E-state index in [0.29, 0.717) is 12.3 Å². The van der Waals surface area contributed by atoms with Crippen molar-refractivity contribution in [2.75, 3.05) is 7.11 Å². The first-order valence-corrected chi connectivity index (χ1v) is 9.83. The maximum atomic E-state index is 12.1. The second kappa shape index (κ2) is 7.16. The Kier molecular flexibility index (Phi) is 4.75. The first-order valence-electron chi connectivity index (χ1n) is 8.95. The van der Waals surface area contributed by atoms with Crippen LogP contribution in [0.3, 0.4) is 0 Å². The highest BCUT2D eigenvalue weighted by atomic mass is 32.1. The number of hydrogen-bond donors (Lipinski definition) is 0. The summed E-state index contributed by atoms with van der Waals surface area (Å²) in [5, 5.41) is 2.87. The third-order valence-electron chi connectivity index (χ3n) is 5.56. The molecule has 4 nitrogen and oxygen atoms in total. The Morgan fingerprint density at radius 3 is 3.00 bits per heavy atom. The molecule has 1 aromatic heterocycles. The fourth-order valence-corrected chi connectivity index (χ4v) is 5.12. The van der Waals surface area contributed by atoms with Gasteiger partial charge in [-0.1, -0.05) is 18.6 Å². The van der Waals surface area contributed by atoms with Crippen molar-refractivity contribution in [1.82, 2.24) is 4.98 Å². The molecular weight excluding hydrogens is 334 g/mol. The Balaban J connectivity index is 1.31. The third kappa shape index (κ3) is 3.71. The van der Waals surface area contributed by atoms with Crippen LogP contribution >= 0.6 is 11.3 Å². The van der Waals surface area contributed by atoms with Crippen LogP contribution < -0.4 is 4.74 Å². The van der Waals surface area contributed by atoms with Crippen molar-refractivity contribution in [3.63, 3.8) is 0 Å². The van der Waals surface area contributed by atoms with Crippen LogP contribution in [-0.2, 0) is 16.1 Å². The van der Waals surface area contributed by atoms with Crippen LogP contribution in [0.2, 0.25) is 0 Å². The topological polar surface area (TPSA) is 48.4 Å². The lowest BCUT2D eigenvalue weighted by atomic mass is 9.86. The van der Waals surface area contributed by atoms with Gasteiger partial charge in [-0.25, -0.2) is 4.98 Å². The second-order valence-electron chi connectivity index (χ2n) is 7.18. The van der Waals surface area contributed by atoms with Crippen molar-refractivity contribution in [2.45, 2.75) is 38.7 Å². The number of carbonyl (C=O) groups excluding carboxylic acids is 1. The summed E-state index contributed by atoms with van der Waals surface area (Å²) < 4.78 is 10.7. The molecule has 2 aromatic rings. The van der Waals surface area contributed by atoms with E-state index in [1.807, 2.05) is 29.6 Å². The Bertz CT molecular complexity index is 757. The van der Waals surface area contributed by atoms with Gasteiger partial charge in [-0.15, -0.1) is 11.3 Å². The molecule has 132 valence electrons. The van der Waals surface area contributed by atoms with Crippen molar-refractivity contribution >= 4 is 17.3 Å². The van der Waals surface area contributed by atoms with Gasteiger partial charge in [0.2, 0.25) is 0 Å². The zero-order valence-corrected chi connectivity index (χ0v) is 15.3. The second-order valence-corrected chi connectivity index (χ2v) is 8.03. The molecule has 1 heterocycles. The summed E-state index contributed by atoms with van der Waals surface area (Å²) in [5.41, 5.74) is 1.83. The zero-order chi connectivity index (χ0) is 17.2. The van der Waals surface area contributed by atoms with E-state index in [1.54, 1.807) is 18.4 Å². The van der Waals surface area contributed by atoms with Crippen molar-refractivity contribution in [1.29, 1.82) is 0 Å². The summed E-state index contributed by atoms with van der Waals surface area (Å²) in [4.78, 5) is 16.7. The number of fused-ring (bicyclic) bond motifs is 2. The number of esters is 1. The molecule has 0 unspecified atom stereocenters. The SMILES string of the molecule is COc1cccc(-c2nc(COC(=O)C[C@@H]3C[C@H]4CC[C@@H]3C4)cs2)c1. The number of ether oxygens (including phenoxy) is 2. The summed E-state index contributed by atoms with van der Waals surface area (Å²) >= 11 is 1.56. The molecule has 0 saturated heterocycles. The standard InChI is InChI=1S/C20H23NO3S/c1-23-18-4-2-3-15(9-18)20-21-17(12-25-20)11-24-19(22)10-16-8-13-5-6-14(16)7-13/h2-4,9,12-14,16H,5-8,10-11H2,1H3/t13-,14+,16-/m0/s1. The van der Waals surface area contributed by atoms with Crippen molar-refractivity contribution in [3.05, 3.63) is 35.3 Å². The average molecular weight is 357 g/mol. The van der Waals surface area contributed by atoms with E-state index < -0.39 is 0 Å². The van der Waals surface area contributed by atoms with Crippen LogP contribution in [0.1, 0.15) is 37.8 Å². The number of methoxy groups -OCH3 is 1. The quantitative estimate of drug-likeness (QED) is 0.704. The molecule has 0 spiro atoms. The van der Waals surface area contributed by atoms with Crippen molar-refractivity contribution in [2.24, 2.45) is 17.8 Å². The average Bonchev–Trinajstić information content (AvgIpc) is 3.37. The van der Waals surface area contributed by atoms with Gasteiger partial charge >= 0.3 is 5.97 Å². The van der Waals surface area contributed by atoms with Crippen LogP contribution in [0.5, 0.6) is 5.75 Å². The summed E-state index contributed by atoms with van der Waals surface area (Å²) in [7, 11) is 1.65. The van der Waals surface area contributed by atoms with E-state index in [4.69, 9.17) is 9.47 Å². The Morgan fingerprint density at radius 2 is 2.24 bits per heavy atom. The Morgan fingerprint density at radius 1 is 1.32 bits per heavy atom. The van der Waals surface area contributed by atoms with E-state index >= 15 is 0 Å². The maximum Gasteiger partial charge on any atom is 0.306 e. The molecule has 2 saturated carbocycles. The number of hydrogen-bond acceptors (Lipinski definition) is 5. The van der Waals surface area contributed by atoms with E-state index in [2.05, 4.69) is 4.98 Å². The van der Waals surface area contributed by atoms with Gasteiger partial charge in [0.25, 0.3) is 0 Å². The molecule has 3 atom stereocenters. The van der Waals surface area contributed by atoms with Gasteiger partial charge in [-0.05, 0) is 49.1 Å². The first kappa shape index (κ1) is 16.6. The number of rotatable bonds is 6. The zero-order valence-electron chi connectivity index (χ0n) is 14.4. The van der Waals surface area contributed by atoms with Gasteiger partial charge in [0.05, 0.1) is 12.8 Å². The number of carbonyl (C=O) groups is 1. The highest BCUT2D eigenvalue weighted by Gasteiger charge is 2.40. The van der Waals surface area contributed by atoms with Gasteiger partial charge in [0.1, 0.15) is 17.4 Å². The first-order chi connectivity index (χ1) is 12.2. The van der Waals surface area contributed by atoms with Crippen LogP contribution in [-0.4, -0.2) is 18.1 Å². The summed E-state index contributed by atoms with van der Waals surface area (Å²) in [6.45, 7) is 0.264. The van der Waals surface area contributed by atoms with Crippen molar-refractivity contribution in [3.8, 4) is 16.3 Å². The molecule has 2 fully saturated rings. The normalized spacial score (nSPS) is 24.4. The minimum absolute atomic E-state index is 0.0755. The molecule has 4 rings (SSSR count). The fourth-order valence-electron chi connectivity index (χ4n) is 4.32. The van der Waals surface area contributed by atoms with Gasteiger partial charge in [0, 0.05) is 17.4 Å². The number of thiazole rings is 1. The molecule has 1 aromatic carbocycles. The molecule has 0 N–H and O–H groups in total. The van der Waals surface area contributed by atoms with E-state index in [-0.39, 0.29) is 12.6 Å². The predicted octanol–water partition coefficient (Wildman–Crippen LogP) is 4.69. The smallest absolute Gasteiger partial charge is 0.306 e. The molecule has 2 bridgehead atoms. The van der Waals surface area contributed by atoms with Crippen molar-refractivity contribution < 1.29 is 14.3 Å². The number of benzene rings is 1. The van der Waals surface area contributed by atoms with Crippen LogP contribution in [0.25, 0.3) is 10.6 Å². The maximum absolute atomic E-state index is 12.1. The van der Waals surface area contributed by atoms with Gasteiger partial charge in [0.15, 0.2) is 0 Å². The molecule has 2 aliphatic carbocycles.